The summed E-state index contributed by atoms with van der Waals surface area (Å²) in [6, 6.07) is 9.34. The van der Waals surface area contributed by atoms with Crippen LogP contribution in [0.4, 0.5) is 0 Å². The minimum Gasteiger partial charge on any atom is -0.475 e. The molecule has 0 spiro atoms. The lowest BCUT2D eigenvalue weighted by atomic mass is 10.2. The zero-order chi connectivity index (χ0) is 9.10. The second-order valence-corrected chi connectivity index (χ2v) is 2.54. The number of hydrogen-bond donors (Lipinski definition) is 0. The molecule has 0 saturated heterocycles. The number of ether oxygens (including phenoxy) is 1. The number of hydrogen-bond acceptors (Lipinski definition) is 3. The maximum atomic E-state index is 8.34. The second kappa shape index (κ2) is 3.20. The lowest BCUT2D eigenvalue weighted by Gasteiger charge is -2.00. The topological polar surface area (TPSA) is 46.2 Å². The summed E-state index contributed by atoms with van der Waals surface area (Å²) in [6.07, 6.45) is 1.60. The minimum absolute atomic E-state index is 0.0415. The molecule has 13 heavy (non-hydrogen) atoms. The van der Waals surface area contributed by atoms with Gasteiger partial charge in [0.15, 0.2) is 17.9 Å². The van der Waals surface area contributed by atoms with E-state index in [0.29, 0.717) is 11.3 Å². The first-order valence-electron chi connectivity index (χ1n) is 3.88. The highest BCUT2D eigenvalue weighted by molar-refractivity contribution is 5.82. The first kappa shape index (κ1) is 7.69. The molecule has 1 aromatic carbocycles. The summed E-state index contributed by atoms with van der Waals surface area (Å²) in [6.45, 7) is 0.0415. The molecule has 0 radical (unpaired) electrons. The summed E-state index contributed by atoms with van der Waals surface area (Å²) >= 11 is 0. The molecule has 0 atom stereocenters. The van der Waals surface area contributed by atoms with Gasteiger partial charge < -0.3 is 9.15 Å². The second-order valence-electron chi connectivity index (χ2n) is 2.54. The molecule has 64 valence electrons. The zero-order valence-electron chi connectivity index (χ0n) is 6.86. The first-order valence-corrected chi connectivity index (χ1v) is 3.88. The van der Waals surface area contributed by atoms with Crippen LogP contribution in [0.15, 0.2) is 34.9 Å². The molecule has 3 heteroatoms. The number of furan rings is 1. The lowest BCUT2D eigenvalue weighted by Crippen LogP contribution is -1.92. The van der Waals surface area contributed by atoms with E-state index in [-0.39, 0.29) is 6.61 Å². The van der Waals surface area contributed by atoms with E-state index < -0.39 is 0 Å². The van der Waals surface area contributed by atoms with Gasteiger partial charge in [0.2, 0.25) is 0 Å². The number of nitrogens with zero attached hydrogens (tertiary/aromatic N) is 1. The van der Waals surface area contributed by atoms with Gasteiger partial charge in [-0.1, -0.05) is 12.1 Å². The molecule has 0 aliphatic heterocycles. The Labute approximate surface area is 75.1 Å². The highest BCUT2D eigenvalue weighted by Crippen LogP contribution is 2.25. The van der Waals surface area contributed by atoms with Crippen LogP contribution in [0.5, 0.6) is 5.75 Å². The monoisotopic (exact) mass is 173 g/mol. The molecule has 0 bridgehead atoms. The molecule has 0 N–H and O–H groups in total. The molecule has 0 aliphatic rings. The summed E-state index contributed by atoms with van der Waals surface area (Å²) in [4.78, 5) is 0. The van der Waals surface area contributed by atoms with Crippen LogP contribution in [0.1, 0.15) is 0 Å². The van der Waals surface area contributed by atoms with Crippen molar-refractivity contribution in [1.29, 1.82) is 5.26 Å². The standard InChI is InChI=1S/C10H7NO2/c11-5-7-12-9-3-1-2-8-4-6-13-10(8)9/h1-4,6H,7H2. The molecule has 0 amide bonds. The summed E-state index contributed by atoms with van der Waals surface area (Å²) in [5.41, 5.74) is 0.692. The van der Waals surface area contributed by atoms with E-state index in [1.807, 2.05) is 24.3 Å². The normalized spacial score (nSPS) is 9.77. The SMILES string of the molecule is N#CCOc1cccc2ccoc12. The van der Waals surface area contributed by atoms with E-state index in [9.17, 15) is 0 Å². The van der Waals surface area contributed by atoms with Crippen LogP contribution < -0.4 is 4.74 Å². The summed E-state index contributed by atoms with van der Waals surface area (Å²) < 4.78 is 10.4. The van der Waals surface area contributed by atoms with Gasteiger partial charge in [-0.2, -0.15) is 5.26 Å². The predicted octanol–water partition coefficient (Wildman–Crippen LogP) is 2.34. The molecule has 2 rings (SSSR count). The fourth-order valence-corrected chi connectivity index (χ4v) is 1.19. The summed E-state index contributed by atoms with van der Waals surface area (Å²) in [5.74, 6) is 0.615. The van der Waals surface area contributed by atoms with Gasteiger partial charge >= 0.3 is 0 Å². The van der Waals surface area contributed by atoms with Gasteiger partial charge in [0, 0.05) is 5.39 Å². The average molecular weight is 173 g/mol. The number of para-hydroxylation sites is 1. The quantitative estimate of drug-likeness (QED) is 0.700. The van der Waals surface area contributed by atoms with Crippen molar-refractivity contribution in [3.05, 3.63) is 30.5 Å². The van der Waals surface area contributed by atoms with Crippen LogP contribution in [0.3, 0.4) is 0 Å². The molecule has 0 fully saturated rings. The summed E-state index contributed by atoms with van der Waals surface area (Å²) in [5, 5.41) is 9.33. The van der Waals surface area contributed by atoms with E-state index in [0.717, 1.165) is 5.39 Å². The van der Waals surface area contributed by atoms with Crippen molar-refractivity contribution in [2.45, 2.75) is 0 Å². The van der Waals surface area contributed by atoms with Gasteiger partial charge in [-0.25, -0.2) is 0 Å². The molecule has 0 aliphatic carbocycles. The summed E-state index contributed by atoms with van der Waals surface area (Å²) in [7, 11) is 0. The maximum Gasteiger partial charge on any atom is 0.175 e. The Bertz CT molecular complexity index is 453. The van der Waals surface area contributed by atoms with E-state index >= 15 is 0 Å². The molecular weight excluding hydrogens is 166 g/mol. The van der Waals surface area contributed by atoms with E-state index in [2.05, 4.69) is 0 Å². The van der Waals surface area contributed by atoms with Crippen molar-refractivity contribution >= 4 is 11.0 Å². The van der Waals surface area contributed by atoms with Gasteiger partial charge in [-0.15, -0.1) is 0 Å². The number of benzene rings is 1. The van der Waals surface area contributed by atoms with Crippen molar-refractivity contribution in [2.75, 3.05) is 6.61 Å². The highest BCUT2D eigenvalue weighted by atomic mass is 16.5. The van der Waals surface area contributed by atoms with Gasteiger partial charge in [0.25, 0.3) is 0 Å². The third kappa shape index (κ3) is 1.34. The van der Waals surface area contributed by atoms with Crippen molar-refractivity contribution in [2.24, 2.45) is 0 Å². The van der Waals surface area contributed by atoms with Crippen molar-refractivity contribution in [3.63, 3.8) is 0 Å². The van der Waals surface area contributed by atoms with E-state index in [1.165, 1.54) is 0 Å². The van der Waals surface area contributed by atoms with Crippen molar-refractivity contribution in [3.8, 4) is 11.8 Å². The maximum absolute atomic E-state index is 8.34. The Hall–Kier alpha value is -1.95. The van der Waals surface area contributed by atoms with Crippen molar-refractivity contribution < 1.29 is 9.15 Å². The average Bonchev–Trinajstić information content (AvgIpc) is 2.62. The Kier molecular flexibility index (Phi) is 1.89. The third-order valence-corrected chi connectivity index (χ3v) is 1.74. The van der Waals surface area contributed by atoms with E-state index in [1.54, 1.807) is 12.3 Å². The fraction of sp³-hybridized carbons (Fsp3) is 0.100. The first-order chi connectivity index (χ1) is 6.42. The van der Waals surface area contributed by atoms with Crippen LogP contribution in [-0.2, 0) is 0 Å². The third-order valence-electron chi connectivity index (χ3n) is 1.74. The molecule has 2 aromatic rings. The van der Waals surface area contributed by atoms with Crippen LogP contribution in [0.2, 0.25) is 0 Å². The number of fused-ring (bicyclic) bond motifs is 1. The predicted molar refractivity (Wildman–Crippen MR) is 47.3 cm³/mol. The Balaban J connectivity index is 2.44. The Morgan fingerprint density at radius 1 is 1.38 bits per heavy atom. The van der Waals surface area contributed by atoms with Gasteiger partial charge in [0.1, 0.15) is 6.07 Å². The zero-order valence-corrected chi connectivity index (χ0v) is 6.86. The molecule has 3 nitrogen and oxygen atoms in total. The minimum atomic E-state index is 0.0415. The lowest BCUT2D eigenvalue weighted by molar-refractivity contribution is 0.365. The molecule has 0 saturated carbocycles. The smallest absolute Gasteiger partial charge is 0.175 e. The van der Waals surface area contributed by atoms with Gasteiger partial charge in [0.05, 0.1) is 6.26 Å². The number of nitriles is 1. The van der Waals surface area contributed by atoms with Gasteiger partial charge in [-0.3, -0.25) is 0 Å². The Morgan fingerprint density at radius 3 is 3.15 bits per heavy atom. The van der Waals surface area contributed by atoms with E-state index in [4.69, 9.17) is 14.4 Å². The molecular formula is C10H7NO2. The largest absolute Gasteiger partial charge is 0.475 e. The van der Waals surface area contributed by atoms with Gasteiger partial charge in [-0.05, 0) is 12.1 Å². The highest BCUT2D eigenvalue weighted by Gasteiger charge is 2.03. The molecule has 0 unspecified atom stereocenters. The molecule has 1 aromatic heterocycles. The number of rotatable bonds is 2. The Morgan fingerprint density at radius 2 is 2.31 bits per heavy atom. The van der Waals surface area contributed by atoms with Crippen molar-refractivity contribution in [1.82, 2.24) is 0 Å². The van der Waals surface area contributed by atoms with Crippen LogP contribution >= 0.6 is 0 Å². The fourth-order valence-electron chi connectivity index (χ4n) is 1.19. The van der Waals surface area contributed by atoms with Crippen LogP contribution in [0, 0.1) is 11.3 Å². The van der Waals surface area contributed by atoms with Crippen LogP contribution in [-0.4, -0.2) is 6.61 Å². The molecule has 1 heterocycles. The van der Waals surface area contributed by atoms with Crippen LogP contribution in [0.25, 0.3) is 11.0 Å².